The van der Waals surface area contributed by atoms with Crippen LogP contribution in [0.5, 0.6) is 0 Å². The first-order chi connectivity index (χ1) is 17.8. The lowest BCUT2D eigenvalue weighted by atomic mass is 9.37. The Bertz CT molecular complexity index is 1200. The van der Waals surface area contributed by atoms with Gasteiger partial charge in [0.15, 0.2) is 0 Å². The molecule has 0 radical (unpaired) electrons. The zero-order chi connectivity index (χ0) is 27.4. The number of Topliss-reactive ketones (excluding diaryl/α,β-unsaturated/α-hetero) is 1. The molecule has 5 aliphatic rings. The van der Waals surface area contributed by atoms with E-state index in [0.717, 1.165) is 12.0 Å². The zero-order valence-corrected chi connectivity index (χ0v) is 22.8. The maximum Gasteiger partial charge on any atom is 0.306 e. The smallest absolute Gasteiger partial charge is 0.306 e. The first kappa shape index (κ1) is 25.6. The fraction of sp³-hybridized carbons (Fsp3) is 0.724. The highest BCUT2D eigenvalue weighted by Crippen LogP contribution is 2.77. The molecular formula is C29H36O9. The summed E-state index contributed by atoms with van der Waals surface area (Å²) in [5, 5.41) is 0. The Hall–Kier alpha value is -2.68. The van der Waals surface area contributed by atoms with Crippen molar-refractivity contribution in [3.05, 3.63) is 24.2 Å². The van der Waals surface area contributed by atoms with Crippen molar-refractivity contribution in [3.63, 3.8) is 0 Å². The van der Waals surface area contributed by atoms with Crippen LogP contribution in [0.15, 0.2) is 23.0 Å². The van der Waals surface area contributed by atoms with Gasteiger partial charge in [-0.15, -0.1) is 0 Å². The lowest BCUT2D eigenvalue weighted by Gasteiger charge is -2.65. The van der Waals surface area contributed by atoms with E-state index in [4.69, 9.17) is 23.4 Å². The average molecular weight is 529 g/mol. The molecule has 10 atom stereocenters. The molecule has 1 aromatic heterocycles. The standard InChI is InChI=1S/C29H36O9/c1-14(30)36-24-21-22(33)28(5,17(26(24,2)3)11-19(31)34-6)16-7-9-27(4)18(29(16)25(21)38-29)12-20(32)37-23(27)15-8-10-35-13-15/h8,10,13,16-18,21,23-25H,7,9,11-12H2,1-6H3/t16-,17+,18+,21-,23-,24+,25+,27+,28+,29+/m0/s1. The lowest BCUT2D eigenvalue weighted by Crippen LogP contribution is -2.72. The molecule has 2 saturated heterocycles. The highest BCUT2D eigenvalue weighted by molar-refractivity contribution is 5.93. The Labute approximate surface area is 221 Å². The van der Waals surface area contributed by atoms with E-state index in [0.29, 0.717) is 6.42 Å². The van der Waals surface area contributed by atoms with Crippen molar-refractivity contribution in [2.24, 2.45) is 39.9 Å². The van der Waals surface area contributed by atoms with Gasteiger partial charge in [-0.05, 0) is 24.8 Å². The molecule has 9 heteroatoms. The van der Waals surface area contributed by atoms with Crippen LogP contribution >= 0.6 is 0 Å². The van der Waals surface area contributed by atoms with Crippen molar-refractivity contribution >= 4 is 23.7 Å². The molecule has 206 valence electrons. The fourth-order valence-electron chi connectivity index (χ4n) is 9.48. The van der Waals surface area contributed by atoms with E-state index >= 15 is 0 Å². The van der Waals surface area contributed by atoms with Gasteiger partial charge < -0.3 is 23.4 Å². The summed E-state index contributed by atoms with van der Waals surface area (Å²) >= 11 is 0. The summed E-state index contributed by atoms with van der Waals surface area (Å²) in [5.74, 6) is -2.77. The molecule has 0 aromatic carbocycles. The number of carbonyl (C=O) groups excluding carboxylic acids is 4. The van der Waals surface area contributed by atoms with E-state index in [2.05, 4.69) is 6.92 Å². The summed E-state index contributed by atoms with van der Waals surface area (Å²) in [6.45, 7) is 9.38. The number of hydrogen-bond donors (Lipinski definition) is 0. The van der Waals surface area contributed by atoms with Crippen LogP contribution in [0.25, 0.3) is 0 Å². The largest absolute Gasteiger partial charge is 0.472 e. The minimum Gasteiger partial charge on any atom is -0.472 e. The number of cyclic esters (lactones) is 1. The maximum absolute atomic E-state index is 14.4. The molecule has 1 spiro atoms. The van der Waals surface area contributed by atoms with E-state index < -0.39 is 63.9 Å². The number of epoxide rings is 1. The quantitative estimate of drug-likeness (QED) is 0.326. The van der Waals surface area contributed by atoms with Crippen molar-refractivity contribution in [1.29, 1.82) is 0 Å². The summed E-state index contributed by atoms with van der Waals surface area (Å²) in [6.07, 6.45) is 3.05. The van der Waals surface area contributed by atoms with Crippen LogP contribution in [0, 0.1) is 39.9 Å². The minimum atomic E-state index is -0.931. The summed E-state index contributed by atoms with van der Waals surface area (Å²) in [5.41, 5.74) is -2.03. The Balaban J connectivity index is 1.50. The molecule has 6 rings (SSSR count). The molecule has 0 unspecified atom stereocenters. The van der Waals surface area contributed by atoms with Crippen LogP contribution in [0.3, 0.4) is 0 Å². The van der Waals surface area contributed by atoms with Crippen molar-refractivity contribution in [1.82, 2.24) is 0 Å². The number of esters is 3. The molecule has 3 saturated carbocycles. The number of fused-ring (bicyclic) bond motifs is 5. The van der Waals surface area contributed by atoms with Gasteiger partial charge in [0.05, 0.1) is 32.0 Å². The molecule has 1 aromatic rings. The predicted octanol–water partition coefficient (Wildman–Crippen LogP) is 3.79. The van der Waals surface area contributed by atoms with Crippen LogP contribution in [-0.4, -0.2) is 48.6 Å². The van der Waals surface area contributed by atoms with Gasteiger partial charge in [-0.3, -0.25) is 19.2 Å². The van der Waals surface area contributed by atoms with Gasteiger partial charge in [0.2, 0.25) is 0 Å². The van der Waals surface area contributed by atoms with Crippen molar-refractivity contribution < 1.29 is 42.5 Å². The third-order valence-corrected chi connectivity index (χ3v) is 11.1. The van der Waals surface area contributed by atoms with Crippen LogP contribution < -0.4 is 0 Å². The third-order valence-electron chi connectivity index (χ3n) is 11.1. The van der Waals surface area contributed by atoms with Gasteiger partial charge in [0, 0.05) is 47.0 Å². The number of furan rings is 1. The van der Waals surface area contributed by atoms with E-state index in [1.807, 2.05) is 26.8 Å². The number of methoxy groups -OCH3 is 1. The predicted molar refractivity (Wildman–Crippen MR) is 130 cm³/mol. The second-order valence-corrected chi connectivity index (χ2v) is 13.0. The number of rotatable bonds is 4. The SMILES string of the molecule is COC(=O)C[C@@H]1C(C)(C)[C@H](OC(C)=O)[C@@H]2C(=O)[C@]1(C)[C@@H]1CC[C@]3(C)[C@@H](CC(=O)O[C@H]3c3ccoc3)[C@]13O[C@H]23. The molecule has 3 heterocycles. The second-order valence-electron chi connectivity index (χ2n) is 13.0. The second kappa shape index (κ2) is 7.93. The van der Waals surface area contributed by atoms with Gasteiger partial charge in [0.1, 0.15) is 29.7 Å². The maximum atomic E-state index is 14.4. The van der Waals surface area contributed by atoms with Gasteiger partial charge in [0.25, 0.3) is 0 Å². The van der Waals surface area contributed by atoms with Gasteiger partial charge in [-0.2, -0.15) is 0 Å². The van der Waals surface area contributed by atoms with Gasteiger partial charge in [-0.25, -0.2) is 0 Å². The Morgan fingerprint density at radius 1 is 1.13 bits per heavy atom. The molecule has 3 aliphatic carbocycles. The minimum absolute atomic E-state index is 0.0199. The van der Waals surface area contributed by atoms with E-state index in [1.165, 1.54) is 14.0 Å². The van der Waals surface area contributed by atoms with Crippen LogP contribution in [-0.2, 0) is 38.1 Å². The molecule has 2 aliphatic heterocycles. The number of ketones is 1. The van der Waals surface area contributed by atoms with E-state index in [9.17, 15) is 19.2 Å². The van der Waals surface area contributed by atoms with Crippen molar-refractivity contribution in [3.8, 4) is 0 Å². The number of hydrogen-bond acceptors (Lipinski definition) is 9. The summed E-state index contributed by atoms with van der Waals surface area (Å²) in [7, 11) is 1.34. The summed E-state index contributed by atoms with van der Waals surface area (Å²) < 4.78 is 28.9. The van der Waals surface area contributed by atoms with Gasteiger partial charge >= 0.3 is 17.9 Å². The zero-order valence-electron chi connectivity index (χ0n) is 22.8. The lowest BCUT2D eigenvalue weighted by molar-refractivity contribution is -0.221. The van der Waals surface area contributed by atoms with E-state index in [1.54, 1.807) is 12.5 Å². The summed E-state index contributed by atoms with van der Waals surface area (Å²) in [6, 6.07) is 1.83. The monoisotopic (exact) mass is 528 g/mol. The van der Waals surface area contributed by atoms with Crippen LogP contribution in [0.4, 0.5) is 0 Å². The molecule has 38 heavy (non-hydrogen) atoms. The molecule has 5 fully saturated rings. The van der Waals surface area contributed by atoms with Crippen LogP contribution in [0.1, 0.15) is 72.0 Å². The topological polar surface area (TPSA) is 122 Å². The third kappa shape index (κ3) is 3.02. The first-order valence-electron chi connectivity index (χ1n) is 13.5. The highest BCUT2D eigenvalue weighted by atomic mass is 16.6. The first-order valence-corrected chi connectivity index (χ1v) is 13.5. The molecular weight excluding hydrogens is 492 g/mol. The summed E-state index contributed by atoms with van der Waals surface area (Å²) in [4.78, 5) is 52.5. The van der Waals surface area contributed by atoms with Crippen LogP contribution in [0.2, 0.25) is 0 Å². The molecule has 2 bridgehead atoms. The Morgan fingerprint density at radius 3 is 2.50 bits per heavy atom. The normalized spacial score (nSPS) is 46.1. The van der Waals surface area contributed by atoms with E-state index in [-0.39, 0.29) is 36.4 Å². The molecule has 0 amide bonds. The fourth-order valence-corrected chi connectivity index (χ4v) is 9.48. The van der Waals surface area contributed by atoms with Crippen molar-refractivity contribution in [2.45, 2.75) is 84.2 Å². The molecule has 9 nitrogen and oxygen atoms in total. The van der Waals surface area contributed by atoms with Crippen molar-refractivity contribution in [2.75, 3.05) is 7.11 Å². The number of carbonyl (C=O) groups is 4. The molecule has 0 N–H and O–H groups in total. The highest BCUT2D eigenvalue weighted by Gasteiger charge is 2.86. The number of ether oxygens (including phenoxy) is 4. The average Bonchev–Trinajstić information content (AvgIpc) is 3.31. The van der Waals surface area contributed by atoms with Gasteiger partial charge in [-0.1, -0.05) is 27.7 Å². The Morgan fingerprint density at radius 2 is 1.87 bits per heavy atom. The Kier molecular flexibility index (Phi) is 5.34.